The summed E-state index contributed by atoms with van der Waals surface area (Å²) in [4.78, 5) is 0. The van der Waals surface area contributed by atoms with Gasteiger partial charge < -0.3 is 4.74 Å². The smallest absolute Gasteiger partial charge is 0.139 e. The number of rotatable bonds is 1. The second kappa shape index (κ2) is 2.78. The van der Waals surface area contributed by atoms with E-state index in [9.17, 15) is 0 Å². The summed E-state index contributed by atoms with van der Waals surface area (Å²) in [5.41, 5.74) is 2.49. The Morgan fingerprint density at radius 3 is 2.50 bits per heavy atom. The molecule has 0 heterocycles. The SMILES string of the molecule is Bc1cc(C)cc(OC)c1. The van der Waals surface area contributed by atoms with E-state index in [1.807, 2.05) is 12.1 Å². The van der Waals surface area contributed by atoms with Gasteiger partial charge in [-0.15, -0.1) is 0 Å². The Hall–Kier alpha value is -0.915. The van der Waals surface area contributed by atoms with Crippen molar-refractivity contribution < 1.29 is 4.74 Å². The minimum Gasteiger partial charge on any atom is -0.497 e. The van der Waals surface area contributed by atoms with Crippen LogP contribution in [0.5, 0.6) is 5.75 Å². The van der Waals surface area contributed by atoms with Gasteiger partial charge in [0.1, 0.15) is 13.6 Å². The predicted octanol–water partition coefficient (Wildman–Crippen LogP) is 0.262. The van der Waals surface area contributed by atoms with Gasteiger partial charge in [0.25, 0.3) is 0 Å². The molecule has 10 heavy (non-hydrogen) atoms. The van der Waals surface area contributed by atoms with Crippen LogP contribution < -0.4 is 10.2 Å². The van der Waals surface area contributed by atoms with Crippen molar-refractivity contribution in [2.75, 3.05) is 7.11 Å². The maximum atomic E-state index is 5.08. The third-order valence-electron chi connectivity index (χ3n) is 1.43. The number of methoxy groups -OCH3 is 1. The topological polar surface area (TPSA) is 9.23 Å². The van der Waals surface area contributed by atoms with Crippen molar-refractivity contribution in [3.05, 3.63) is 23.8 Å². The van der Waals surface area contributed by atoms with Crippen LogP contribution in [0, 0.1) is 6.92 Å². The molecule has 0 amide bonds. The van der Waals surface area contributed by atoms with Gasteiger partial charge in [0.2, 0.25) is 0 Å². The zero-order valence-corrected chi connectivity index (χ0v) is 6.64. The van der Waals surface area contributed by atoms with Crippen molar-refractivity contribution in [2.45, 2.75) is 6.92 Å². The monoisotopic (exact) mass is 134 g/mol. The lowest BCUT2D eigenvalue weighted by Gasteiger charge is -2.01. The van der Waals surface area contributed by atoms with E-state index in [0.29, 0.717) is 0 Å². The van der Waals surface area contributed by atoms with Crippen LogP contribution in [0.25, 0.3) is 0 Å². The number of hydrogen-bond acceptors (Lipinski definition) is 1. The molecule has 0 fully saturated rings. The first-order chi connectivity index (χ1) is 4.72. The van der Waals surface area contributed by atoms with Crippen molar-refractivity contribution in [1.82, 2.24) is 0 Å². The lowest BCUT2D eigenvalue weighted by Crippen LogP contribution is -2.02. The van der Waals surface area contributed by atoms with Crippen molar-refractivity contribution in [3.63, 3.8) is 0 Å². The molecule has 0 saturated carbocycles. The van der Waals surface area contributed by atoms with Gasteiger partial charge in [-0.1, -0.05) is 11.5 Å². The van der Waals surface area contributed by atoms with E-state index in [1.54, 1.807) is 7.11 Å². The Bertz CT molecular complexity index is 212. The molecule has 0 aliphatic rings. The molecule has 1 aromatic carbocycles. The van der Waals surface area contributed by atoms with Crippen molar-refractivity contribution >= 4 is 13.3 Å². The highest BCUT2D eigenvalue weighted by Crippen LogP contribution is 2.08. The molecule has 0 N–H and O–H groups in total. The first-order valence-corrected chi connectivity index (χ1v) is 3.34. The summed E-state index contributed by atoms with van der Waals surface area (Å²) in [5.74, 6) is 0.942. The lowest BCUT2D eigenvalue weighted by molar-refractivity contribution is 0.415. The van der Waals surface area contributed by atoms with Crippen LogP contribution in [0.2, 0.25) is 0 Å². The molecule has 1 aromatic rings. The zero-order valence-electron chi connectivity index (χ0n) is 6.64. The highest BCUT2D eigenvalue weighted by atomic mass is 16.5. The molecule has 0 spiro atoms. The first-order valence-electron chi connectivity index (χ1n) is 3.34. The average molecular weight is 134 g/mol. The number of aryl methyl sites for hydroxylation is 1. The van der Waals surface area contributed by atoms with Crippen LogP contribution in [0.15, 0.2) is 18.2 Å². The summed E-state index contributed by atoms with van der Waals surface area (Å²) in [6, 6.07) is 6.17. The van der Waals surface area contributed by atoms with Gasteiger partial charge >= 0.3 is 0 Å². The summed E-state index contributed by atoms with van der Waals surface area (Å²) in [6.07, 6.45) is 0. The van der Waals surface area contributed by atoms with Gasteiger partial charge in [-0.2, -0.15) is 0 Å². The fourth-order valence-electron chi connectivity index (χ4n) is 1.05. The lowest BCUT2D eigenvalue weighted by atomic mass is 9.94. The highest BCUT2D eigenvalue weighted by Gasteiger charge is 1.92. The second-order valence-corrected chi connectivity index (χ2v) is 2.53. The second-order valence-electron chi connectivity index (χ2n) is 2.53. The normalized spacial score (nSPS) is 9.40. The minimum atomic E-state index is 0.942. The zero-order chi connectivity index (χ0) is 7.56. The number of hydrogen-bond donors (Lipinski definition) is 0. The summed E-state index contributed by atoms with van der Waals surface area (Å²) in [6.45, 7) is 2.06. The Balaban J connectivity index is 3.06. The largest absolute Gasteiger partial charge is 0.497 e. The van der Waals surface area contributed by atoms with Crippen molar-refractivity contribution in [1.29, 1.82) is 0 Å². The first kappa shape index (κ1) is 7.20. The van der Waals surface area contributed by atoms with E-state index in [4.69, 9.17) is 4.74 Å². The molecule has 52 valence electrons. The van der Waals surface area contributed by atoms with Gasteiger partial charge in [-0.05, 0) is 24.6 Å². The van der Waals surface area contributed by atoms with E-state index >= 15 is 0 Å². The van der Waals surface area contributed by atoms with Crippen LogP contribution in [-0.4, -0.2) is 15.0 Å². The molecular formula is C8H11BO. The third kappa shape index (κ3) is 1.53. The fraction of sp³-hybridized carbons (Fsp3) is 0.250. The molecule has 0 saturated heterocycles. The van der Waals surface area contributed by atoms with Crippen molar-refractivity contribution in [3.8, 4) is 5.75 Å². The average Bonchev–Trinajstić information content (AvgIpc) is 1.85. The molecular weight excluding hydrogens is 123 g/mol. The standard InChI is InChI=1S/C8H11BO/c1-6-3-7(9)5-8(4-6)10-2/h3-5H,9H2,1-2H3. The molecule has 0 aliphatic heterocycles. The highest BCUT2D eigenvalue weighted by molar-refractivity contribution is 6.32. The maximum Gasteiger partial charge on any atom is 0.139 e. The molecule has 0 unspecified atom stereocenters. The van der Waals surface area contributed by atoms with Crippen LogP contribution in [0.4, 0.5) is 0 Å². The van der Waals surface area contributed by atoms with E-state index in [1.165, 1.54) is 11.0 Å². The summed E-state index contributed by atoms with van der Waals surface area (Å²) in [5, 5.41) is 0. The molecule has 2 heteroatoms. The predicted molar refractivity (Wildman–Crippen MR) is 45.9 cm³/mol. The molecule has 0 atom stereocenters. The maximum absolute atomic E-state index is 5.08. The Morgan fingerprint density at radius 1 is 1.30 bits per heavy atom. The molecule has 0 radical (unpaired) electrons. The Morgan fingerprint density at radius 2 is 2.00 bits per heavy atom. The van der Waals surface area contributed by atoms with E-state index in [0.717, 1.165) is 5.75 Å². The van der Waals surface area contributed by atoms with Crippen LogP contribution in [0.3, 0.4) is 0 Å². The van der Waals surface area contributed by atoms with Crippen LogP contribution >= 0.6 is 0 Å². The van der Waals surface area contributed by atoms with Gasteiger partial charge in [0.15, 0.2) is 0 Å². The van der Waals surface area contributed by atoms with Gasteiger partial charge in [0, 0.05) is 0 Å². The quantitative estimate of drug-likeness (QED) is 0.500. The Labute approximate surface area is 62.4 Å². The summed E-state index contributed by atoms with van der Waals surface area (Å²) in [7, 11) is 3.75. The molecule has 0 aliphatic carbocycles. The third-order valence-corrected chi connectivity index (χ3v) is 1.43. The van der Waals surface area contributed by atoms with E-state index in [2.05, 4.69) is 20.8 Å². The minimum absolute atomic E-state index is 0.942. The molecule has 0 aromatic heterocycles. The Kier molecular flexibility index (Phi) is 2.00. The molecule has 1 nitrogen and oxygen atoms in total. The van der Waals surface area contributed by atoms with E-state index < -0.39 is 0 Å². The van der Waals surface area contributed by atoms with Gasteiger partial charge in [0.05, 0.1) is 7.11 Å². The van der Waals surface area contributed by atoms with Crippen LogP contribution in [0.1, 0.15) is 5.56 Å². The fourth-order valence-corrected chi connectivity index (χ4v) is 1.05. The summed E-state index contributed by atoms with van der Waals surface area (Å²) >= 11 is 0. The molecule has 1 rings (SSSR count). The van der Waals surface area contributed by atoms with E-state index in [-0.39, 0.29) is 0 Å². The van der Waals surface area contributed by atoms with Gasteiger partial charge in [-0.25, -0.2) is 0 Å². The summed E-state index contributed by atoms with van der Waals surface area (Å²) < 4.78 is 5.08. The number of ether oxygens (including phenoxy) is 1. The van der Waals surface area contributed by atoms with Crippen LogP contribution in [-0.2, 0) is 0 Å². The van der Waals surface area contributed by atoms with Gasteiger partial charge in [-0.3, -0.25) is 0 Å². The number of benzene rings is 1. The molecule has 0 bridgehead atoms. The van der Waals surface area contributed by atoms with Crippen molar-refractivity contribution in [2.24, 2.45) is 0 Å².